The van der Waals surface area contributed by atoms with E-state index in [1.54, 1.807) is 0 Å². The zero-order valence-corrected chi connectivity index (χ0v) is 13.0. The Kier molecular flexibility index (Phi) is 6.21. The van der Waals surface area contributed by atoms with Crippen molar-refractivity contribution in [2.45, 2.75) is 53.1 Å². The third-order valence-electron chi connectivity index (χ3n) is 3.05. The molecular formula is C15H24BrN. The van der Waals surface area contributed by atoms with Crippen molar-refractivity contribution in [3.63, 3.8) is 0 Å². The van der Waals surface area contributed by atoms with E-state index in [0.29, 0.717) is 6.04 Å². The van der Waals surface area contributed by atoms with Crippen LogP contribution < -0.4 is 5.32 Å². The minimum atomic E-state index is 0.598. The van der Waals surface area contributed by atoms with Crippen LogP contribution in [-0.4, -0.2) is 6.04 Å². The molecule has 17 heavy (non-hydrogen) atoms. The van der Waals surface area contributed by atoms with Crippen molar-refractivity contribution < 1.29 is 0 Å². The van der Waals surface area contributed by atoms with E-state index < -0.39 is 0 Å². The van der Waals surface area contributed by atoms with Crippen molar-refractivity contribution in [2.24, 2.45) is 5.92 Å². The Hall–Kier alpha value is -0.340. The summed E-state index contributed by atoms with van der Waals surface area (Å²) in [5.74, 6) is 0.800. The van der Waals surface area contributed by atoms with Gasteiger partial charge in [-0.3, -0.25) is 0 Å². The van der Waals surface area contributed by atoms with Crippen molar-refractivity contribution in [1.29, 1.82) is 0 Å². The molecule has 1 aromatic rings. The van der Waals surface area contributed by atoms with Crippen LogP contribution in [0.2, 0.25) is 0 Å². The SMILES string of the molecule is Cc1cc(CNC(C)CCC(C)C)ccc1Br. The molecule has 0 aliphatic heterocycles. The number of hydrogen-bond donors (Lipinski definition) is 1. The fourth-order valence-electron chi connectivity index (χ4n) is 1.79. The van der Waals surface area contributed by atoms with Gasteiger partial charge in [0, 0.05) is 17.1 Å². The fourth-order valence-corrected chi connectivity index (χ4v) is 2.04. The topological polar surface area (TPSA) is 12.0 Å². The zero-order chi connectivity index (χ0) is 12.8. The summed E-state index contributed by atoms with van der Waals surface area (Å²) in [5, 5.41) is 3.59. The lowest BCUT2D eigenvalue weighted by Crippen LogP contribution is -2.25. The molecular weight excluding hydrogens is 274 g/mol. The highest BCUT2D eigenvalue weighted by molar-refractivity contribution is 9.10. The fraction of sp³-hybridized carbons (Fsp3) is 0.600. The van der Waals surface area contributed by atoms with Crippen molar-refractivity contribution in [3.8, 4) is 0 Å². The quantitative estimate of drug-likeness (QED) is 0.804. The largest absolute Gasteiger partial charge is 0.310 e. The van der Waals surface area contributed by atoms with Crippen LogP contribution in [0.3, 0.4) is 0 Å². The van der Waals surface area contributed by atoms with Gasteiger partial charge in [-0.05, 0) is 49.8 Å². The van der Waals surface area contributed by atoms with Crippen LogP contribution in [0.25, 0.3) is 0 Å². The maximum Gasteiger partial charge on any atom is 0.0208 e. The van der Waals surface area contributed by atoms with Crippen molar-refractivity contribution in [2.75, 3.05) is 0 Å². The first-order chi connectivity index (χ1) is 7.99. The predicted molar refractivity (Wildman–Crippen MR) is 79.3 cm³/mol. The number of benzene rings is 1. The number of hydrogen-bond acceptors (Lipinski definition) is 1. The van der Waals surface area contributed by atoms with Gasteiger partial charge in [-0.2, -0.15) is 0 Å². The summed E-state index contributed by atoms with van der Waals surface area (Å²) >= 11 is 3.53. The van der Waals surface area contributed by atoms with Crippen LogP contribution in [-0.2, 0) is 6.54 Å². The molecule has 1 atom stereocenters. The standard InChI is InChI=1S/C15H24BrN/c1-11(2)5-6-13(4)17-10-14-7-8-15(16)12(3)9-14/h7-9,11,13,17H,5-6,10H2,1-4H3. The highest BCUT2D eigenvalue weighted by Crippen LogP contribution is 2.17. The zero-order valence-electron chi connectivity index (χ0n) is 11.4. The van der Waals surface area contributed by atoms with Gasteiger partial charge in [-0.1, -0.05) is 41.9 Å². The van der Waals surface area contributed by atoms with E-state index in [2.05, 4.69) is 67.1 Å². The summed E-state index contributed by atoms with van der Waals surface area (Å²) in [5.41, 5.74) is 2.67. The van der Waals surface area contributed by atoms with Crippen molar-refractivity contribution in [1.82, 2.24) is 5.32 Å². The molecule has 1 nitrogen and oxygen atoms in total. The number of aryl methyl sites for hydroxylation is 1. The lowest BCUT2D eigenvalue weighted by molar-refractivity contribution is 0.450. The molecule has 1 unspecified atom stereocenters. The monoisotopic (exact) mass is 297 g/mol. The minimum absolute atomic E-state index is 0.598. The molecule has 0 aliphatic rings. The smallest absolute Gasteiger partial charge is 0.0208 e. The first-order valence-electron chi connectivity index (χ1n) is 6.47. The summed E-state index contributed by atoms with van der Waals surface area (Å²) in [6.45, 7) is 9.94. The van der Waals surface area contributed by atoms with Gasteiger partial charge < -0.3 is 5.32 Å². The Morgan fingerprint density at radius 1 is 1.18 bits per heavy atom. The van der Waals surface area contributed by atoms with Crippen LogP contribution in [0.1, 0.15) is 44.7 Å². The van der Waals surface area contributed by atoms with Crippen LogP contribution >= 0.6 is 15.9 Å². The first kappa shape index (κ1) is 14.7. The summed E-state index contributed by atoms with van der Waals surface area (Å²) in [4.78, 5) is 0. The molecule has 0 heterocycles. The van der Waals surface area contributed by atoms with Crippen LogP contribution in [0, 0.1) is 12.8 Å². The predicted octanol–water partition coefficient (Wildman–Crippen LogP) is 4.67. The third kappa shape index (κ3) is 5.69. The van der Waals surface area contributed by atoms with Crippen molar-refractivity contribution in [3.05, 3.63) is 33.8 Å². The van der Waals surface area contributed by atoms with Crippen LogP contribution in [0.5, 0.6) is 0 Å². The van der Waals surface area contributed by atoms with E-state index in [4.69, 9.17) is 0 Å². The molecule has 0 aromatic heterocycles. The Bertz CT molecular complexity index is 347. The molecule has 0 saturated heterocycles. The molecule has 1 rings (SSSR count). The molecule has 0 amide bonds. The molecule has 1 aromatic carbocycles. The Morgan fingerprint density at radius 3 is 2.47 bits per heavy atom. The lowest BCUT2D eigenvalue weighted by Gasteiger charge is -2.15. The van der Waals surface area contributed by atoms with Gasteiger partial charge in [0.25, 0.3) is 0 Å². The highest BCUT2D eigenvalue weighted by Gasteiger charge is 2.04. The molecule has 96 valence electrons. The molecule has 0 spiro atoms. The van der Waals surface area contributed by atoms with Crippen LogP contribution in [0.4, 0.5) is 0 Å². The summed E-state index contributed by atoms with van der Waals surface area (Å²) < 4.78 is 1.19. The first-order valence-corrected chi connectivity index (χ1v) is 7.26. The van der Waals surface area contributed by atoms with Gasteiger partial charge in [-0.25, -0.2) is 0 Å². The normalized spacial score (nSPS) is 13.1. The second kappa shape index (κ2) is 7.17. The van der Waals surface area contributed by atoms with E-state index >= 15 is 0 Å². The molecule has 2 heteroatoms. The minimum Gasteiger partial charge on any atom is -0.310 e. The Labute approximate surface area is 114 Å². The molecule has 0 fully saturated rings. The summed E-state index contributed by atoms with van der Waals surface area (Å²) in [7, 11) is 0. The van der Waals surface area contributed by atoms with Crippen molar-refractivity contribution >= 4 is 15.9 Å². The van der Waals surface area contributed by atoms with Gasteiger partial charge in [0.15, 0.2) is 0 Å². The van der Waals surface area contributed by atoms with E-state index in [1.165, 1.54) is 28.4 Å². The Balaban J connectivity index is 2.36. The molecule has 0 radical (unpaired) electrons. The Morgan fingerprint density at radius 2 is 1.88 bits per heavy atom. The van der Waals surface area contributed by atoms with Crippen LogP contribution in [0.15, 0.2) is 22.7 Å². The average molecular weight is 298 g/mol. The second-order valence-corrected chi connectivity index (χ2v) is 6.19. The lowest BCUT2D eigenvalue weighted by atomic mass is 10.0. The van der Waals surface area contributed by atoms with Gasteiger partial charge in [0.05, 0.1) is 0 Å². The van der Waals surface area contributed by atoms with Gasteiger partial charge >= 0.3 is 0 Å². The molecule has 1 N–H and O–H groups in total. The average Bonchev–Trinajstić information content (AvgIpc) is 2.28. The molecule has 0 bridgehead atoms. The van der Waals surface area contributed by atoms with Gasteiger partial charge in [0.2, 0.25) is 0 Å². The van der Waals surface area contributed by atoms with E-state index in [9.17, 15) is 0 Å². The second-order valence-electron chi connectivity index (χ2n) is 5.34. The maximum atomic E-state index is 3.59. The molecule has 0 aliphatic carbocycles. The highest BCUT2D eigenvalue weighted by atomic mass is 79.9. The maximum absolute atomic E-state index is 3.59. The van der Waals surface area contributed by atoms with E-state index in [0.717, 1.165) is 12.5 Å². The molecule has 0 saturated carbocycles. The summed E-state index contributed by atoms with van der Waals surface area (Å²) in [6, 6.07) is 7.15. The van der Waals surface area contributed by atoms with E-state index in [1.807, 2.05) is 0 Å². The number of rotatable bonds is 6. The van der Waals surface area contributed by atoms with Gasteiger partial charge in [0.1, 0.15) is 0 Å². The third-order valence-corrected chi connectivity index (χ3v) is 3.94. The van der Waals surface area contributed by atoms with Gasteiger partial charge in [-0.15, -0.1) is 0 Å². The number of halogens is 1. The summed E-state index contributed by atoms with van der Waals surface area (Å²) in [6.07, 6.45) is 2.56. The van der Waals surface area contributed by atoms with E-state index in [-0.39, 0.29) is 0 Å². The number of nitrogens with one attached hydrogen (secondary N) is 1.